The zero-order valence-electron chi connectivity index (χ0n) is 17.1. The molecule has 32 heavy (non-hydrogen) atoms. The monoisotopic (exact) mass is 489 g/mol. The maximum Gasteiger partial charge on any atom is 0.416 e. The van der Waals surface area contributed by atoms with Gasteiger partial charge in [0.25, 0.3) is 0 Å². The highest BCUT2D eigenvalue weighted by Crippen LogP contribution is 2.32. The highest BCUT2D eigenvalue weighted by molar-refractivity contribution is 7.89. The summed E-state index contributed by atoms with van der Waals surface area (Å²) in [5.74, 6) is -0.542. The standard InChI is InChI=1S/C21H23ClF3N3O3S/c22-18-6-4-16(5-7-18)14-20(29)26-8-13-32(30,31)28-11-9-27(10-12-28)19-3-1-2-17(15-19)21(23,24)25/h1-7,15H,8-14H2,(H,26,29). The van der Waals surface area contributed by atoms with E-state index in [0.29, 0.717) is 10.7 Å². The summed E-state index contributed by atoms with van der Waals surface area (Å²) in [6.07, 6.45) is -4.31. The molecule has 1 aliphatic heterocycles. The maximum absolute atomic E-state index is 12.9. The summed E-state index contributed by atoms with van der Waals surface area (Å²) in [4.78, 5) is 13.7. The van der Waals surface area contributed by atoms with Crippen molar-refractivity contribution in [3.8, 4) is 0 Å². The Morgan fingerprint density at radius 1 is 1.03 bits per heavy atom. The fourth-order valence-electron chi connectivity index (χ4n) is 3.40. The number of carbonyl (C=O) groups excluding carboxylic acids is 1. The number of anilines is 1. The van der Waals surface area contributed by atoms with Crippen molar-refractivity contribution in [1.29, 1.82) is 0 Å². The number of amides is 1. The first-order chi connectivity index (χ1) is 15.0. The first kappa shape index (κ1) is 24.3. The van der Waals surface area contributed by atoms with Crippen molar-refractivity contribution in [1.82, 2.24) is 9.62 Å². The molecule has 0 aromatic heterocycles. The third kappa shape index (κ3) is 6.60. The first-order valence-corrected chi connectivity index (χ1v) is 11.9. The second-order valence-electron chi connectivity index (χ2n) is 7.40. The largest absolute Gasteiger partial charge is 0.416 e. The van der Waals surface area contributed by atoms with Gasteiger partial charge in [0.05, 0.1) is 17.7 Å². The Balaban J connectivity index is 1.47. The Kier molecular flexibility index (Phi) is 7.68. The second kappa shape index (κ2) is 10.1. The summed E-state index contributed by atoms with van der Waals surface area (Å²) in [5, 5.41) is 3.16. The molecule has 0 spiro atoms. The number of nitrogens with one attached hydrogen (secondary N) is 1. The van der Waals surface area contributed by atoms with Gasteiger partial charge in [0.15, 0.2) is 0 Å². The van der Waals surface area contributed by atoms with E-state index in [1.807, 2.05) is 0 Å². The number of carbonyl (C=O) groups is 1. The number of nitrogens with zero attached hydrogens (tertiary/aromatic N) is 2. The number of hydrogen-bond acceptors (Lipinski definition) is 4. The number of sulfonamides is 1. The Hall–Kier alpha value is -2.30. The van der Waals surface area contributed by atoms with Crippen molar-refractivity contribution < 1.29 is 26.4 Å². The molecule has 11 heteroatoms. The van der Waals surface area contributed by atoms with Gasteiger partial charge in [-0.15, -0.1) is 0 Å². The molecule has 1 fully saturated rings. The van der Waals surface area contributed by atoms with Crippen LogP contribution in [-0.2, 0) is 27.4 Å². The quantitative estimate of drug-likeness (QED) is 0.648. The van der Waals surface area contributed by atoms with Crippen molar-refractivity contribution in [2.75, 3.05) is 43.4 Å². The van der Waals surface area contributed by atoms with E-state index in [0.717, 1.165) is 17.7 Å². The van der Waals surface area contributed by atoms with Crippen LogP contribution in [0.3, 0.4) is 0 Å². The normalized spacial score (nSPS) is 15.6. The number of rotatable bonds is 7. The van der Waals surface area contributed by atoms with Gasteiger partial charge in [0, 0.05) is 43.4 Å². The van der Waals surface area contributed by atoms with Crippen molar-refractivity contribution in [2.24, 2.45) is 0 Å². The van der Waals surface area contributed by atoms with Crippen LogP contribution in [0.4, 0.5) is 18.9 Å². The zero-order chi connectivity index (χ0) is 23.4. The average molecular weight is 490 g/mol. The van der Waals surface area contributed by atoms with Crippen molar-refractivity contribution in [3.05, 3.63) is 64.7 Å². The highest BCUT2D eigenvalue weighted by Gasteiger charge is 2.32. The Bertz CT molecular complexity index is 1040. The van der Waals surface area contributed by atoms with Crippen molar-refractivity contribution >= 4 is 33.2 Å². The molecule has 3 rings (SSSR count). The molecular weight excluding hydrogens is 467 g/mol. The third-order valence-electron chi connectivity index (χ3n) is 5.13. The Morgan fingerprint density at radius 3 is 2.31 bits per heavy atom. The van der Waals surface area contributed by atoms with Crippen LogP contribution in [0, 0.1) is 0 Å². The maximum atomic E-state index is 12.9. The summed E-state index contributed by atoms with van der Waals surface area (Å²) in [6, 6.07) is 11.8. The fraction of sp³-hybridized carbons (Fsp3) is 0.381. The van der Waals surface area contributed by atoms with Crippen LogP contribution < -0.4 is 10.2 Å². The second-order valence-corrected chi connectivity index (χ2v) is 9.93. The molecule has 1 N–H and O–H groups in total. The summed E-state index contributed by atoms with van der Waals surface area (Å²) >= 11 is 5.80. The summed E-state index contributed by atoms with van der Waals surface area (Å²) in [5.41, 5.74) is 0.436. The van der Waals surface area contributed by atoms with Gasteiger partial charge in [0.1, 0.15) is 0 Å². The molecule has 0 aliphatic carbocycles. The molecular formula is C21H23ClF3N3O3S. The number of alkyl halides is 3. The van der Waals surface area contributed by atoms with Gasteiger partial charge in [-0.25, -0.2) is 8.42 Å². The van der Waals surface area contributed by atoms with Crippen LogP contribution in [0.15, 0.2) is 48.5 Å². The number of benzene rings is 2. The SMILES string of the molecule is O=C(Cc1ccc(Cl)cc1)NCCS(=O)(=O)N1CCN(c2cccc(C(F)(F)F)c2)CC1. The van der Waals surface area contributed by atoms with Gasteiger partial charge < -0.3 is 10.2 Å². The van der Waals surface area contributed by atoms with E-state index in [4.69, 9.17) is 11.6 Å². The molecule has 1 amide bonds. The highest BCUT2D eigenvalue weighted by atomic mass is 35.5. The van der Waals surface area contributed by atoms with Crippen LogP contribution in [0.25, 0.3) is 0 Å². The van der Waals surface area contributed by atoms with Crippen LogP contribution >= 0.6 is 11.6 Å². The van der Waals surface area contributed by atoms with Gasteiger partial charge in [0.2, 0.25) is 15.9 Å². The fourth-order valence-corrected chi connectivity index (χ4v) is 4.87. The molecule has 0 saturated carbocycles. The van der Waals surface area contributed by atoms with Gasteiger partial charge >= 0.3 is 6.18 Å². The Labute approximate surface area is 190 Å². The summed E-state index contributed by atoms with van der Waals surface area (Å²) < 4.78 is 65.3. The lowest BCUT2D eigenvalue weighted by atomic mass is 10.1. The smallest absolute Gasteiger partial charge is 0.369 e. The van der Waals surface area contributed by atoms with Gasteiger partial charge in [-0.2, -0.15) is 17.5 Å². The molecule has 0 bridgehead atoms. The van der Waals surface area contributed by atoms with Crippen LogP contribution in [0.1, 0.15) is 11.1 Å². The number of hydrogen-bond donors (Lipinski definition) is 1. The molecule has 174 valence electrons. The topological polar surface area (TPSA) is 69.7 Å². The molecule has 1 aliphatic rings. The molecule has 1 saturated heterocycles. The Morgan fingerprint density at radius 2 is 1.69 bits per heavy atom. The van der Waals surface area contributed by atoms with E-state index in [1.54, 1.807) is 35.2 Å². The molecule has 0 unspecified atom stereocenters. The zero-order valence-corrected chi connectivity index (χ0v) is 18.7. The lowest BCUT2D eigenvalue weighted by Gasteiger charge is -2.35. The predicted molar refractivity (Wildman–Crippen MR) is 117 cm³/mol. The van der Waals surface area contributed by atoms with Gasteiger partial charge in [-0.05, 0) is 35.9 Å². The van der Waals surface area contributed by atoms with Crippen molar-refractivity contribution in [2.45, 2.75) is 12.6 Å². The predicted octanol–water partition coefficient (Wildman–Crippen LogP) is 3.17. The first-order valence-electron chi connectivity index (χ1n) is 9.96. The minimum Gasteiger partial charge on any atom is -0.369 e. The summed E-state index contributed by atoms with van der Waals surface area (Å²) in [7, 11) is -3.60. The van der Waals surface area contributed by atoms with E-state index < -0.39 is 21.8 Å². The van der Waals surface area contributed by atoms with E-state index in [-0.39, 0.29) is 50.8 Å². The molecule has 0 atom stereocenters. The molecule has 6 nitrogen and oxygen atoms in total. The number of halogens is 4. The van der Waals surface area contributed by atoms with Gasteiger partial charge in [-0.3, -0.25) is 4.79 Å². The van der Waals surface area contributed by atoms with E-state index in [2.05, 4.69) is 5.32 Å². The molecule has 0 radical (unpaired) electrons. The molecule has 1 heterocycles. The number of piperazine rings is 1. The van der Waals surface area contributed by atoms with E-state index in [1.165, 1.54) is 10.4 Å². The average Bonchev–Trinajstić information content (AvgIpc) is 2.75. The van der Waals surface area contributed by atoms with E-state index >= 15 is 0 Å². The lowest BCUT2D eigenvalue weighted by Crippen LogP contribution is -2.50. The molecule has 2 aromatic rings. The van der Waals surface area contributed by atoms with Crippen LogP contribution in [0.2, 0.25) is 5.02 Å². The molecule has 2 aromatic carbocycles. The van der Waals surface area contributed by atoms with Crippen LogP contribution in [0.5, 0.6) is 0 Å². The minimum atomic E-state index is -4.43. The van der Waals surface area contributed by atoms with Gasteiger partial charge in [-0.1, -0.05) is 29.8 Å². The van der Waals surface area contributed by atoms with Crippen molar-refractivity contribution in [3.63, 3.8) is 0 Å². The lowest BCUT2D eigenvalue weighted by molar-refractivity contribution is -0.137. The summed E-state index contributed by atoms with van der Waals surface area (Å²) in [6.45, 7) is 0.865. The minimum absolute atomic E-state index is 0.0252. The third-order valence-corrected chi connectivity index (χ3v) is 7.25. The van der Waals surface area contributed by atoms with Crippen LogP contribution in [-0.4, -0.2) is 57.1 Å². The van der Waals surface area contributed by atoms with E-state index in [9.17, 15) is 26.4 Å².